The summed E-state index contributed by atoms with van der Waals surface area (Å²) < 4.78 is 20.1. The van der Waals surface area contributed by atoms with Crippen molar-refractivity contribution in [1.82, 2.24) is 24.5 Å². The fraction of sp³-hybridized carbons (Fsp3) is 0.512. The zero-order valence-electron chi connectivity index (χ0n) is 34.2. The van der Waals surface area contributed by atoms with Crippen molar-refractivity contribution >= 4 is 33.7 Å². The lowest BCUT2D eigenvalue weighted by atomic mass is 10.0. The van der Waals surface area contributed by atoms with Crippen molar-refractivity contribution in [2.24, 2.45) is 0 Å². The van der Waals surface area contributed by atoms with Crippen LogP contribution in [0.1, 0.15) is 45.4 Å². The quantitative estimate of drug-likeness (QED) is 0.0566. The van der Waals surface area contributed by atoms with Crippen molar-refractivity contribution < 1.29 is 24.1 Å². The highest BCUT2D eigenvalue weighted by atomic mass is 28.3. The third-order valence-electron chi connectivity index (χ3n) is 8.97. The Labute approximate surface area is 324 Å². The molecule has 1 amide bonds. The third-order valence-corrected chi connectivity index (χ3v) is 12.4. The number of aromatic nitrogens is 4. The number of carbonyl (C=O) groups excluding carboxylic acids is 1. The molecule has 1 unspecified atom stereocenters. The first kappa shape index (κ1) is 42.8. The van der Waals surface area contributed by atoms with E-state index < -0.39 is 27.8 Å². The van der Waals surface area contributed by atoms with Crippen LogP contribution in [0.2, 0.25) is 51.4 Å². The summed E-state index contributed by atoms with van der Waals surface area (Å²) in [6, 6.07) is 15.9. The van der Waals surface area contributed by atoms with Gasteiger partial charge in [0, 0.05) is 70.1 Å². The number of ether oxygens (including phenoxy) is 3. The van der Waals surface area contributed by atoms with Crippen molar-refractivity contribution in [2.45, 2.75) is 110 Å². The molecule has 54 heavy (non-hydrogen) atoms. The fourth-order valence-electron chi connectivity index (χ4n) is 5.79. The van der Waals surface area contributed by atoms with Crippen LogP contribution in [0.15, 0.2) is 67.6 Å². The van der Waals surface area contributed by atoms with E-state index in [9.17, 15) is 9.90 Å². The standard InChI is InChI=1S/C41H62N6O5Si2/c1-12-46(40(49)52-41(3,4)5)31(2)18-20-37-35(28-48)39(45(29-50-22-24-53(6,7)8)30-51-23-25-54(9,10)11)47-38(44-37)34(27-43-47)33-19-21-36(42-26-33)32-16-14-13-15-17-32/h12-17,19,21,26-27,31,48H,1,18,20,22-25,28-30H2,2-11H3. The minimum Gasteiger partial charge on any atom is -0.443 e. The van der Waals surface area contributed by atoms with Gasteiger partial charge in [0.25, 0.3) is 0 Å². The maximum Gasteiger partial charge on any atom is 0.414 e. The number of amides is 1. The van der Waals surface area contributed by atoms with Crippen LogP contribution in [0.5, 0.6) is 0 Å². The molecule has 1 atom stereocenters. The number of aliphatic hydroxyl groups excluding tert-OH is 1. The highest BCUT2D eigenvalue weighted by molar-refractivity contribution is 6.76. The van der Waals surface area contributed by atoms with Crippen LogP contribution in [0.4, 0.5) is 10.6 Å². The van der Waals surface area contributed by atoms with Gasteiger partial charge < -0.3 is 24.2 Å². The molecule has 0 aliphatic rings. The number of aryl methyl sites for hydroxylation is 1. The van der Waals surface area contributed by atoms with E-state index >= 15 is 0 Å². The van der Waals surface area contributed by atoms with Gasteiger partial charge in [0.1, 0.15) is 24.9 Å². The zero-order chi connectivity index (χ0) is 39.7. The van der Waals surface area contributed by atoms with Crippen LogP contribution < -0.4 is 4.90 Å². The van der Waals surface area contributed by atoms with Crippen LogP contribution in [0, 0.1) is 0 Å². The summed E-state index contributed by atoms with van der Waals surface area (Å²) in [5.74, 6) is 0.666. The van der Waals surface area contributed by atoms with Crippen LogP contribution >= 0.6 is 0 Å². The van der Waals surface area contributed by atoms with Gasteiger partial charge >= 0.3 is 6.09 Å². The van der Waals surface area contributed by atoms with E-state index in [4.69, 9.17) is 29.3 Å². The van der Waals surface area contributed by atoms with E-state index in [1.807, 2.05) is 81.3 Å². The lowest BCUT2D eigenvalue weighted by Gasteiger charge is -2.30. The van der Waals surface area contributed by atoms with Gasteiger partial charge in [-0.05, 0) is 58.7 Å². The van der Waals surface area contributed by atoms with Crippen LogP contribution in [-0.4, -0.2) is 90.1 Å². The largest absolute Gasteiger partial charge is 0.443 e. The molecule has 0 aliphatic heterocycles. The maximum absolute atomic E-state index is 13.1. The summed E-state index contributed by atoms with van der Waals surface area (Å²) in [5.41, 5.74) is 4.89. The molecule has 3 aromatic heterocycles. The van der Waals surface area contributed by atoms with Crippen LogP contribution in [-0.2, 0) is 27.2 Å². The number of pyridine rings is 1. The van der Waals surface area contributed by atoms with Crippen molar-refractivity contribution in [3.8, 4) is 22.4 Å². The number of hydrogen-bond acceptors (Lipinski definition) is 9. The number of nitrogens with zero attached hydrogens (tertiary/aromatic N) is 6. The minimum absolute atomic E-state index is 0.254. The molecular weight excluding hydrogens is 713 g/mol. The molecule has 0 saturated carbocycles. The second-order valence-corrected chi connectivity index (χ2v) is 28.5. The Bertz CT molecular complexity index is 1790. The van der Waals surface area contributed by atoms with Gasteiger partial charge in [-0.2, -0.15) is 9.61 Å². The first-order chi connectivity index (χ1) is 25.4. The molecule has 0 saturated heterocycles. The van der Waals surface area contributed by atoms with Gasteiger partial charge in [0.2, 0.25) is 0 Å². The van der Waals surface area contributed by atoms with Gasteiger partial charge in [-0.3, -0.25) is 9.88 Å². The Morgan fingerprint density at radius 3 is 2.09 bits per heavy atom. The number of hydrogen-bond donors (Lipinski definition) is 1. The summed E-state index contributed by atoms with van der Waals surface area (Å²) in [7, 11) is -2.67. The molecule has 11 nitrogen and oxygen atoms in total. The van der Waals surface area contributed by atoms with Gasteiger partial charge in [-0.1, -0.05) is 82.3 Å². The molecule has 0 radical (unpaired) electrons. The molecule has 13 heteroatoms. The Kier molecular flexibility index (Phi) is 14.8. The second-order valence-electron chi connectivity index (χ2n) is 17.3. The Morgan fingerprint density at radius 2 is 1.57 bits per heavy atom. The summed E-state index contributed by atoms with van der Waals surface area (Å²) in [5, 5.41) is 15.9. The number of rotatable bonds is 19. The van der Waals surface area contributed by atoms with Gasteiger partial charge in [0.05, 0.1) is 24.2 Å². The van der Waals surface area contributed by atoms with Crippen molar-refractivity contribution in [3.63, 3.8) is 0 Å². The minimum atomic E-state index is -1.33. The summed E-state index contributed by atoms with van der Waals surface area (Å²) in [4.78, 5) is 26.6. The molecule has 3 heterocycles. The average molecular weight is 775 g/mol. The monoisotopic (exact) mass is 774 g/mol. The molecule has 1 aromatic carbocycles. The topological polar surface area (TPSA) is 115 Å². The molecule has 0 bridgehead atoms. The normalized spacial score (nSPS) is 12.9. The number of carbonyl (C=O) groups is 1. The van der Waals surface area contributed by atoms with E-state index in [1.165, 1.54) is 11.1 Å². The first-order valence-electron chi connectivity index (χ1n) is 19.0. The number of anilines is 1. The first-order valence-corrected chi connectivity index (χ1v) is 26.4. The highest BCUT2D eigenvalue weighted by Crippen LogP contribution is 2.32. The molecular formula is C41H62N6O5Si2. The predicted octanol–water partition coefficient (Wildman–Crippen LogP) is 9.08. The number of fused-ring (bicyclic) bond motifs is 1. The smallest absolute Gasteiger partial charge is 0.414 e. The van der Waals surface area contributed by atoms with Gasteiger partial charge in [-0.15, -0.1) is 0 Å². The maximum atomic E-state index is 13.1. The predicted molar refractivity (Wildman–Crippen MR) is 224 cm³/mol. The van der Waals surface area contributed by atoms with Crippen molar-refractivity contribution in [1.29, 1.82) is 0 Å². The van der Waals surface area contributed by atoms with E-state index in [0.717, 1.165) is 34.5 Å². The van der Waals surface area contributed by atoms with Gasteiger partial charge in [0.15, 0.2) is 5.65 Å². The van der Waals surface area contributed by atoms with E-state index in [2.05, 4.69) is 45.9 Å². The lowest BCUT2D eigenvalue weighted by Crippen LogP contribution is -2.39. The van der Waals surface area contributed by atoms with E-state index in [0.29, 0.717) is 48.8 Å². The van der Waals surface area contributed by atoms with Crippen molar-refractivity contribution in [2.75, 3.05) is 31.6 Å². The average Bonchev–Trinajstić information content (AvgIpc) is 3.52. The molecule has 1 N–H and O–H groups in total. The van der Waals surface area contributed by atoms with Crippen molar-refractivity contribution in [3.05, 3.63) is 78.9 Å². The summed E-state index contributed by atoms with van der Waals surface area (Å²) in [6.45, 7) is 26.9. The summed E-state index contributed by atoms with van der Waals surface area (Å²) in [6.07, 6.45) is 5.70. The third kappa shape index (κ3) is 12.3. The lowest BCUT2D eigenvalue weighted by molar-refractivity contribution is 0.0275. The molecule has 0 spiro atoms. The molecule has 0 aliphatic carbocycles. The molecule has 4 rings (SSSR count). The summed E-state index contributed by atoms with van der Waals surface area (Å²) >= 11 is 0. The molecule has 0 fully saturated rings. The Morgan fingerprint density at radius 1 is 0.944 bits per heavy atom. The SMILES string of the molecule is C=CN(C(=O)OC(C)(C)C)C(C)CCc1nc2c(-c3ccc(-c4ccccc4)nc3)cnn2c(N(COCC[Si](C)(C)C)COCC[Si](C)(C)C)c1CO. The van der Waals surface area contributed by atoms with E-state index in [-0.39, 0.29) is 26.1 Å². The Hall–Kier alpha value is -3.89. The molecule has 294 valence electrons. The Balaban J connectivity index is 1.79. The molecule has 4 aromatic rings. The highest BCUT2D eigenvalue weighted by Gasteiger charge is 2.27. The van der Waals surface area contributed by atoms with Gasteiger partial charge in [-0.25, -0.2) is 9.78 Å². The number of benzene rings is 1. The van der Waals surface area contributed by atoms with E-state index in [1.54, 1.807) is 10.7 Å². The van der Waals surface area contributed by atoms with Crippen LogP contribution in [0.25, 0.3) is 28.0 Å². The zero-order valence-corrected chi connectivity index (χ0v) is 36.2. The fourth-order valence-corrected chi connectivity index (χ4v) is 7.30. The van der Waals surface area contributed by atoms with Crippen LogP contribution in [0.3, 0.4) is 0 Å². The number of aliphatic hydroxyl groups is 1. The second kappa shape index (κ2) is 18.6.